The molecule has 124 valence electrons. The van der Waals surface area contributed by atoms with Gasteiger partial charge in [0.25, 0.3) is 0 Å². The Bertz CT molecular complexity index is 868. The molecule has 3 heteroatoms. The zero-order valence-electron chi connectivity index (χ0n) is 13.6. The minimum Gasteiger partial charge on any atom is -0.489 e. The predicted octanol–water partition coefficient (Wildman–Crippen LogP) is 5.30. The maximum absolute atomic E-state index is 13.1. The van der Waals surface area contributed by atoms with Crippen LogP contribution in [-0.2, 0) is 6.61 Å². The number of allylic oxidation sites excluding steroid dienone is 1. The van der Waals surface area contributed by atoms with Crippen LogP contribution < -0.4 is 4.74 Å². The van der Waals surface area contributed by atoms with Crippen molar-refractivity contribution in [1.82, 2.24) is 0 Å². The summed E-state index contributed by atoms with van der Waals surface area (Å²) in [5.74, 6) is 0.112. The van der Waals surface area contributed by atoms with Crippen LogP contribution in [0.25, 0.3) is 6.08 Å². The molecule has 0 amide bonds. The number of carbonyl (C=O) groups is 1. The average Bonchev–Trinajstić information content (AvgIpc) is 2.66. The molecule has 3 aromatic carbocycles. The molecular weight excluding hydrogens is 315 g/mol. The Morgan fingerprint density at radius 3 is 2.40 bits per heavy atom. The molecule has 0 spiro atoms. The first-order valence-electron chi connectivity index (χ1n) is 7.95. The number of ether oxygens (including phenoxy) is 1. The van der Waals surface area contributed by atoms with E-state index in [4.69, 9.17) is 4.74 Å². The topological polar surface area (TPSA) is 26.3 Å². The van der Waals surface area contributed by atoms with Crippen molar-refractivity contribution in [2.24, 2.45) is 0 Å². The van der Waals surface area contributed by atoms with Gasteiger partial charge in [0.15, 0.2) is 5.78 Å². The highest BCUT2D eigenvalue weighted by Gasteiger charge is 2.02. The van der Waals surface area contributed by atoms with E-state index in [9.17, 15) is 9.18 Å². The van der Waals surface area contributed by atoms with Crippen LogP contribution in [0.15, 0.2) is 84.9 Å². The standard InChI is InChI=1S/C22H17FO2/c23-20-8-4-7-19(15-20)22(24)14-11-17-9-12-21(13-10-17)25-16-18-5-2-1-3-6-18/h1-15H,16H2. The van der Waals surface area contributed by atoms with Crippen LogP contribution in [-0.4, -0.2) is 5.78 Å². The van der Waals surface area contributed by atoms with Crippen molar-refractivity contribution in [3.8, 4) is 5.75 Å². The lowest BCUT2D eigenvalue weighted by molar-refractivity contribution is 0.104. The van der Waals surface area contributed by atoms with E-state index >= 15 is 0 Å². The van der Waals surface area contributed by atoms with E-state index in [1.807, 2.05) is 54.6 Å². The molecule has 0 aliphatic carbocycles. The third-order valence-electron chi connectivity index (χ3n) is 3.66. The Kier molecular flexibility index (Phi) is 5.37. The van der Waals surface area contributed by atoms with Gasteiger partial charge in [-0.15, -0.1) is 0 Å². The van der Waals surface area contributed by atoms with Crippen LogP contribution in [0.1, 0.15) is 21.5 Å². The number of halogens is 1. The van der Waals surface area contributed by atoms with E-state index in [0.717, 1.165) is 16.9 Å². The average molecular weight is 332 g/mol. The quantitative estimate of drug-likeness (QED) is 0.452. The SMILES string of the molecule is O=C(C=Cc1ccc(OCc2ccccc2)cc1)c1cccc(F)c1. The third-order valence-corrected chi connectivity index (χ3v) is 3.66. The summed E-state index contributed by atoms with van der Waals surface area (Å²) in [6, 6.07) is 23.0. The molecule has 2 nitrogen and oxygen atoms in total. The van der Waals surface area contributed by atoms with Crippen molar-refractivity contribution < 1.29 is 13.9 Å². The highest BCUT2D eigenvalue weighted by atomic mass is 19.1. The molecule has 0 saturated heterocycles. The molecular formula is C22H17FO2. The van der Waals surface area contributed by atoms with E-state index < -0.39 is 5.82 Å². The van der Waals surface area contributed by atoms with Crippen molar-refractivity contribution >= 4 is 11.9 Å². The molecule has 0 heterocycles. The van der Waals surface area contributed by atoms with Gasteiger partial charge in [-0.05, 0) is 41.5 Å². The van der Waals surface area contributed by atoms with E-state index in [1.165, 1.54) is 24.3 Å². The maximum Gasteiger partial charge on any atom is 0.185 e. The van der Waals surface area contributed by atoms with Crippen LogP contribution in [0.2, 0.25) is 0 Å². The lowest BCUT2D eigenvalue weighted by atomic mass is 10.1. The fraction of sp³-hybridized carbons (Fsp3) is 0.0455. The van der Waals surface area contributed by atoms with Gasteiger partial charge in [-0.2, -0.15) is 0 Å². The van der Waals surface area contributed by atoms with Crippen molar-refractivity contribution in [3.63, 3.8) is 0 Å². The largest absolute Gasteiger partial charge is 0.489 e. The van der Waals surface area contributed by atoms with Gasteiger partial charge in [0.1, 0.15) is 18.2 Å². The van der Waals surface area contributed by atoms with E-state index in [-0.39, 0.29) is 5.78 Å². The van der Waals surface area contributed by atoms with Gasteiger partial charge in [-0.3, -0.25) is 4.79 Å². The smallest absolute Gasteiger partial charge is 0.185 e. The number of benzene rings is 3. The fourth-order valence-electron chi connectivity index (χ4n) is 2.33. The fourth-order valence-corrected chi connectivity index (χ4v) is 2.33. The minimum atomic E-state index is -0.417. The highest BCUT2D eigenvalue weighted by molar-refractivity contribution is 6.06. The number of hydrogen-bond donors (Lipinski definition) is 0. The number of rotatable bonds is 6. The Balaban J connectivity index is 1.59. The summed E-state index contributed by atoms with van der Waals surface area (Å²) in [4.78, 5) is 12.0. The van der Waals surface area contributed by atoms with Gasteiger partial charge in [-0.1, -0.05) is 60.7 Å². The molecule has 0 bridgehead atoms. The van der Waals surface area contributed by atoms with Crippen molar-refractivity contribution in [2.75, 3.05) is 0 Å². The molecule has 25 heavy (non-hydrogen) atoms. The van der Waals surface area contributed by atoms with Crippen molar-refractivity contribution in [2.45, 2.75) is 6.61 Å². The molecule has 0 aromatic heterocycles. The number of ketones is 1. The number of hydrogen-bond acceptors (Lipinski definition) is 2. The summed E-state index contributed by atoms with van der Waals surface area (Å²) in [5, 5.41) is 0. The molecule has 3 rings (SSSR count). The highest BCUT2D eigenvalue weighted by Crippen LogP contribution is 2.15. The Labute approximate surface area is 146 Å². The van der Waals surface area contributed by atoms with Gasteiger partial charge in [0.05, 0.1) is 0 Å². The maximum atomic E-state index is 13.1. The second-order valence-corrected chi connectivity index (χ2v) is 5.55. The molecule has 0 aliphatic heterocycles. The van der Waals surface area contributed by atoms with Gasteiger partial charge >= 0.3 is 0 Å². The van der Waals surface area contributed by atoms with Crippen LogP contribution >= 0.6 is 0 Å². The summed E-state index contributed by atoms with van der Waals surface area (Å²) in [6.45, 7) is 0.508. The molecule has 3 aromatic rings. The summed E-state index contributed by atoms with van der Waals surface area (Å²) < 4.78 is 18.9. The lowest BCUT2D eigenvalue weighted by Crippen LogP contribution is -1.95. The van der Waals surface area contributed by atoms with Crippen LogP contribution in [0.4, 0.5) is 4.39 Å². The van der Waals surface area contributed by atoms with Gasteiger partial charge in [-0.25, -0.2) is 4.39 Å². The first kappa shape index (κ1) is 16.7. The second-order valence-electron chi connectivity index (χ2n) is 5.55. The zero-order valence-corrected chi connectivity index (χ0v) is 13.6. The Morgan fingerprint density at radius 1 is 0.920 bits per heavy atom. The molecule has 0 unspecified atom stereocenters. The number of carbonyl (C=O) groups excluding carboxylic acids is 1. The van der Waals surface area contributed by atoms with Gasteiger partial charge in [0, 0.05) is 5.56 Å². The molecule has 0 atom stereocenters. The van der Waals surface area contributed by atoms with E-state index in [1.54, 1.807) is 12.1 Å². The summed E-state index contributed by atoms with van der Waals surface area (Å²) >= 11 is 0. The van der Waals surface area contributed by atoms with Gasteiger partial charge in [0.2, 0.25) is 0 Å². The first-order valence-corrected chi connectivity index (χ1v) is 7.95. The van der Waals surface area contributed by atoms with Crippen molar-refractivity contribution in [3.05, 3.63) is 107 Å². The summed E-state index contributed by atoms with van der Waals surface area (Å²) in [6.07, 6.45) is 3.14. The molecule has 0 fully saturated rings. The Hall–Kier alpha value is -3.20. The molecule has 0 aliphatic rings. The molecule has 0 saturated carbocycles. The monoisotopic (exact) mass is 332 g/mol. The van der Waals surface area contributed by atoms with Crippen LogP contribution in [0, 0.1) is 5.82 Å². The van der Waals surface area contributed by atoms with Crippen LogP contribution in [0.5, 0.6) is 5.75 Å². The van der Waals surface area contributed by atoms with Gasteiger partial charge < -0.3 is 4.74 Å². The first-order chi connectivity index (χ1) is 12.2. The Morgan fingerprint density at radius 2 is 1.68 bits per heavy atom. The van der Waals surface area contributed by atoms with E-state index in [0.29, 0.717) is 12.2 Å². The lowest BCUT2D eigenvalue weighted by Gasteiger charge is -2.06. The third kappa shape index (κ3) is 4.88. The molecule has 0 N–H and O–H groups in total. The normalized spacial score (nSPS) is 10.8. The van der Waals surface area contributed by atoms with Crippen molar-refractivity contribution in [1.29, 1.82) is 0 Å². The zero-order chi connectivity index (χ0) is 17.5. The predicted molar refractivity (Wildman–Crippen MR) is 97.0 cm³/mol. The molecule has 0 radical (unpaired) electrons. The van der Waals surface area contributed by atoms with E-state index in [2.05, 4.69) is 0 Å². The van der Waals surface area contributed by atoms with Crippen LogP contribution in [0.3, 0.4) is 0 Å². The minimum absolute atomic E-state index is 0.232. The summed E-state index contributed by atoms with van der Waals surface area (Å²) in [7, 11) is 0. The second kappa shape index (κ2) is 8.06. The summed E-state index contributed by atoms with van der Waals surface area (Å²) in [5.41, 5.74) is 2.31.